The maximum absolute atomic E-state index is 13.6. The average Bonchev–Trinajstić information content (AvgIpc) is 2.16. The summed E-state index contributed by atoms with van der Waals surface area (Å²) in [5.74, 6) is -0.593. The van der Waals surface area contributed by atoms with Crippen LogP contribution < -0.4 is 5.32 Å². The van der Waals surface area contributed by atoms with E-state index >= 15 is 0 Å². The summed E-state index contributed by atoms with van der Waals surface area (Å²) < 4.78 is 13.6. The predicted octanol–water partition coefficient (Wildman–Crippen LogP) is 2.62. The molecule has 0 radical (unpaired) electrons. The number of benzene rings is 1. The van der Waals surface area contributed by atoms with Crippen molar-refractivity contribution in [3.05, 3.63) is 34.6 Å². The monoisotopic (exact) mass is 223 g/mol. The minimum atomic E-state index is -0.416. The van der Waals surface area contributed by atoms with Gasteiger partial charge in [0, 0.05) is 0 Å². The van der Waals surface area contributed by atoms with Crippen LogP contribution in [0.15, 0.2) is 12.1 Å². The molecule has 2 nitrogen and oxygen atoms in total. The van der Waals surface area contributed by atoms with Gasteiger partial charge in [0.25, 0.3) is 0 Å². The van der Waals surface area contributed by atoms with Crippen molar-refractivity contribution < 1.29 is 9.18 Å². The minimum absolute atomic E-state index is 0.177. The molecule has 0 spiro atoms. The van der Waals surface area contributed by atoms with E-state index in [0.29, 0.717) is 5.56 Å². The molecule has 0 bridgehead atoms. The lowest BCUT2D eigenvalue weighted by atomic mass is 10.0. The highest BCUT2D eigenvalue weighted by atomic mass is 19.1. The Hall–Kier alpha value is -1.22. The number of halogens is 1. The van der Waals surface area contributed by atoms with Gasteiger partial charge in [-0.3, -0.25) is 4.79 Å². The fourth-order valence-electron chi connectivity index (χ4n) is 1.74. The third kappa shape index (κ3) is 3.14. The molecule has 88 valence electrons. The van der Waals surface area contributed by atoms with Gasteiger partial charge in [0.15, 0.2) is 5.78 Å². The summed E-state index contributed by atoms with van der Waals surface area (Å²) in [5.41, 5.74) is 1.77. The SMILES string of the molecule is CCCNCC(=O)c1c(C)cc(C)cc1F. The molecular weight excluding hydrogens is 205 g/mol. The number of ketones is 1. The summed E-state index contributed by atoms with van der Waals surface area (Å²) in [6.45, 7) is 6.59. The highest BCUT2D eigenvalue weighted by Gasteiger charge is 2.14. The first-order chi connectivity index (χ1) is 7.56. The van der Waals surface area contributed by atoms with E-state index < -0.39 is 5.82 Å². The molecular formula is C13H18FNO. The van der Waals surface area contributed by atoms with Crippen molar-refractivity contribution in [2.75, 3.05) is 13.1 Å². The van der Waals surface area contributed by atoms with Crippen LogP contribution in [0, 0.1) is 19.7 Å². The van der Waals surface area contributed by atoms with Gasteiger partial charge < -0.3 is 5.32 Å². The number of hydrogen-bond acceptors (Lipinski definition) is 2. The van der Waals surface area contributed by atoms with Gasteiger partial charge in [0.05, 0.1) is 12.1 Å². The van der Waals surface area contributed by atoms with Crippen LogP contribution in [0.5, 0.6) is 0 Å². The third-order valence-electron chi connectivity index (χ3n) is 2.42. The van der Waals surface area contributed by atoms with Gasteiger partial charge in [-0.05, 0) is 44.0 Å². The summed E-state index contributed by atoms with van der Waals surface area (Å²) in [6.07, 6.45) is 0.961. The molecule has 16 heavy (non-hydrogen) atoms. The molecule has 1 N–H and O–H groups in total. The number of carbonyl (C=O) groups excluding carboxylic acids is 1. The Bertz CT molecular complexity index is 365. The van der Waals surface area contributed by atoms with E-state index in [9.17, 15) is 9.18 Å². The maximum Gasteiger partial charge on any atom is 0.179 e. The molecule has 0 aliphatic carbocycles. The molecule has 0 atom stereocenters. The summed E-state index contributed by atoms with van der Waals surface area (Å²) >= 11 is 0. The summed E-state index contributed by atoms with van der Waals surface area (Å²) in [7, 11) is 0. The standard InChI is InChI=1S/C13H18FNO/c1-4-5-15-8-12(16)13-10(3)6-9(2)7-11(13)14/h6-7,15H,4-5,8H2,1-3H3. The molecule has 0 heterocycles. The zero-order valence-electron chi connectivity index (χ0n) is 10.1. The van der Waals surface area contributed by atoms with E-state index in [4.69, 9.17) is 0 Å². The van der Waals surface area contributed by atoms with Crippen LogP contribution in [-0.2, 0) is 0 Å². The van der Waals surface area contributed by atoms with E-state index in [1.165, 1.54) is 6.07 Å². The minimum Gasteiger partial charge on any atom is -0.310 e. The van der Waals surface area contributed by atoms with Crippen molar-refractivity contribution in [2.45, 2.75) is 27.2 Å². The van der Waals surface area contributed by atoms with Crippen LogP contribution in [0.1, 0.15) is 34.8 Å². The molecule has 0 fully saturated rings. The van der Waals surface area contributed by atoms with Crippen molar-refractivity contribution in [1.29, 1.82) is 0 Å². The lowest BCUT2D eigenvalue weighted by Crippen LogP contribution is -2.25. The van der Waals surface area contributed by atoms with Crippen LogP contribution in [0.4, 0.5) is 4.39 Å². The van der Waals surface area contributed by atoms with E-state index in [2.05, 4.69) is 5.32 Å². The molecule has 0 saturated heterocycles. The Morgan fingerprint density at radius 1 is 1.38 bits per heavy atom. The fraction of sp³-hybridized carbons (Fsp3) is 0.462. The van der Waals surface area contributed by atoms with Crippen LogP contribution in [0.3, 0.4) is 0 Å². The van der Waals surface area contributed by atoms with Crippen molar-refractivity contribution in [3.8, 4) is 0 Å². The number of Topliss-reactive ketones (excluding diaryl/α,β-unsaturated/α-hetero) is 1. The van der Waals surface area contributed by atoms with Gasteiger partial charge in [0.2, 0.25) is 0 Å². The van der Waals surface area contributed by atoms with Gasteiger partial charge in [0.1, 0.15) is 5.82 Å². The Morgan fingerprint density at radius 3 is 2.62 bits per heavy atom. The largest absolute Gasteiger partial charge is 0.310 e. The van der Waals surface area contributed by atoms with Crippen molar-refractivity contribution in [1.82, 2.24) is 5.32 Å². The van der Waals surface area contributed by atoms with Crippen molar-refractivity contribution in [3.63, 3.8) is 0 Å². The number of nitrogens with one attached hydrogen (secondary N) is 1. The summed E-state index contributed by atoms with van der Waals surface area (Å²) in [6, 6.07) is 3.23. The molecule has 0 aromatic heterocycles. The van der Waals surface area contributed by atoms with Crippen LogP contribution in [0.25, 0.3) is 0 Å². The molecule has 1 rings (SSSR count). The second-order valence-electron chi connectivity index (χ2n) is 4.04. The van der Waals surface area contributed by atoms with Crippen LogP contribution in [0.2, 0.25) is 0 Å². The Labute approximate surface area is 95.9 Å². The lowest BCUT2D eigenvalue weighted by Gasteiger charge is -2.08. The smallest absolute Gasteiger partial charge is 0.179 e. The zero-order chi connectivity index (χ0) is 12.1. The summed E-state index contributed by atoms with van der Waals surface area (Å²) in [4.78, 5) is 11.8. The number of rotatable bonds is 5. The topological polar surface area (TPSA) is 29.1 Å². The number of aryl methyl sites for hydroxylation is 2. The molecule has 3 heteroatoms. The van der Waals surface area contributed by atoms with Gasteiger partial charge in [-0.25, -0.2) is 4.39 Å². The van der Waals surface area contributed by atoms with Crippen molar-refractivity contribution >= 4 is 5.78 Å². The first kappa shape index (κ1) is 12.8. The molecule has 0 saturated carbocycles. The van der Waals surface area contributed by atoms with Gasteiger partial charge in [-0.2, -0.15) is 0 Å². The summed E-state index contributed by atoms with van der Waals surface area (Å²) in [5, 5.41) is 2.99. The van der Waals surface area contributed by atoms with Gasteiger partial charge in [-0.15, -0.1) is 0 Å². The van der Waals surface area contributed by atoms with E-state index in [0.717, 1.165) is 18.5 Å². The highest BCUT2D eigenvalue weighted by Crippen LogP contribution is 2.15. The Balaban J connectivity index is 2.83. The first-order valence-corrected chi connectivity index (χ1v) is 5.57. The number of hydrogen-bond donors (Lipinski definition) is 1. The Morgan fingerprint density at radius 2 is 2.06 bits per heavy atom. The van der Waals surface area contributed by atoms with E-state index in [-0.39, 0.29) is 17.9 Å². The first-order valence-electron chi connectivity index (χ1n) is 5.57. The molecule has 1 aromatic carbocycles. The van der Waals surface area contributed by atoms with Crippen LogP contribution in [-0.4, -0.2) is 18.9 Å². The van der Waals surface area contributed by atoms with Gasteiger partial charge >= 0.3 is 0 Å². The molecule has 0 aliphatic heterocycles. The van der Waals surface area contributed by atoms with Crippen molar-refractivity contribution in [2.24, 2.45) is 0 Å². The second-order valence-corrected chi connectivity index (χ2v) is 4.04. The highest BCUT2D eigenvalue weighted by molar-refractivity contribution is 5.99. The predicted molar refractivity (Wildman–Crippen MR) is 63.4 cm³/mol. The molecule has 0 aliphatic rings. The molecule has 0 amide bonds. The van der Waals surface area contributed by atoms with E-state index in [1.807, 2.05) is 19.9 Å². The quantitative estimate of drug-likeness (QED) is 0.614. The normalized spacial score (nSPS) is 10.5. The maximum atomic E-state index is 13.6. The molecule has 1 aromatic rings. The van der Waals surface area contributed by atoms with E-state index in [1.54, 1.807) is 6.92 Å². The average molecular weight is 223 g/mol. The van der Waals surface area contributed by atoms with Crippen LogP contribution >= 0.6 is 0 Å². The fourth-order valence-corrected chi connectivity index (χ4v) is 1.74. The number of carbonyl (C=O) groups is 1. The second kappa shape index (κ2) is 5.75. The van der Waals surface area contributed by atoms with Gasteiger partial charge in [-0.1, -0.05) is 13.0 Å². The third-order valence-corrected chi connectivity index (χ3v) is 2.42. The zero-order valence-corrected chi connectivity index (χ0v) is 10.1. The molecule has 0 unspecified atom stereocenters. The Kier molecular flexibility index (Phi) is 4.62. The lowest BCUT2D eigenvalue weighted by molar-refractivity contribution is 0.0987.